The highest BCUT2D eigenvalue weighted by Gasteiger charge is 2.35. The molecule has 17 heavy (non-hydrogen) atoms. The van der Waals surface area contributed by atoms with Gasteiger partial charge in [0.25, 0.3) is 0 Å². The molecule has 1 aliphatic heterocycles. The molecule has 1 heterocycles. The van der Waals surface area contributed by atoms with Gasteiger partial charge < -0.3 is 4.55 Å². The van der Waals surface area contributed by atoms with Gasteiger partial charge in [0, 0.05) is 16.9 Å². The van der Waals surface area contributed by atoms with Crippen molar-refractivity contribution in [3.63, 3.8) is 0 Å². The zero-order chi connectivity index (χ0) is 12.3. The van der Waals surface area contributed by atoms with Crippen molar-refractivity contribution < 1.29 is 4.55 Å². The highest BCUT2D eigenvalue weighted by Crippen LogP contribution is 2.42. The number of para-hydroxylation sites is 1. The SMILES string of the molecule is CC1=Nc2ccccc2C1(C)CCCCSO. The van der Waals surface area contributed by atoms with Gasteiger partial charge in [-0.15, -0.1) is 0 Å². The van der Waals surface area contributed by atoms with Crippen LogP contribution in [0.15, 0.2) is 29.3 Å². The van der Waals surface area contributed by atoms with Gasteiger partial charge in [-0.05, 0) is 43.4 Å². The van der Waals surface area contributed by atoms with Gasteiger partial charge in [-0.1, -0.05) is 31.5 Å². The van der Waals surface area contributed by atoms with E-state index in [0.717, 1.165) is 42.7 Å². The topological polar surface area (TPSA) is 32.6 Å². The van der Waals surface area contributed by atoms with E-state index in [-0.39, 0.29) is 5.41 Å². The molecule has 1 N–H and O–H groups in total. The van der Waals surface area contributed by atoms with Crippen molar-refractivity contribution in [3.8, 4) is 0 Å². The maximum atomic E-state index is 8.73. The fourth-order valence-electron chi connectivity index (χ4n) is 2.50. The van der Waals surface area contributed by atoms with Crippen molar-refractivity contribution in [2.24, 2.45) is 4.99 Å². The summed E-state index contributed by atoms with van der Waals surface area (Å²) in [5.41, 5.74) is 3.80. The van der Waals surface area contributed by atoms with Gasteiger partial charge in [0.1, 0.15) is 0 Å². The summed E-state index contributed by atoms with van der Waals surface area (Å²) in [6.07, 6.45) is 3.30. The van der Waals surface area contributed by atoms with Crippen LogP contribution in [0.3, 0.4) is 0 Å². The fraction of sp³-hybridized carbons (Fsp3) is 0.500. The van der Waals surface area contributed by atoms with Crippen LogP contribution >= 0.6 is 12.0 Å². The zero-order valence-corrected chi connectivity index (χ0v) is 11.3. The minimum Gasteiger partial charge on any atom is -0.330 e. The van der Waals surface area contributed by atoms with Gasteiger partial charge >= 0.3 is 0 Å². The third kappa shape index (κ3) is 2.40. The van der Waals surface area contributed by atoms with Crippen LogP contribution < -0.4 is 0 Å². The Labute approximate surface area is 107 Å². The molecule has 0 aliphatic carbocycles. The molecule has 0 radical (unpaired) electrons. The first-order valence-corrected chi connectivity index (χ1v) is 7.04. The molecule has 2 nitrogen and oxygen atoms in total. The Morgan fingerprint density at radius 3 is 2.82 bits per heavy atom. The van der Waals surface area contributed by atoms with Crippen LogP contribution in [-0.4, -0.2) is 16.0 Å². The van der Waals surface area contributed by atoms with Crippen molar-refractivity contribution in [1.29, 1.82) is 0 Å². The van der Waals surface area contributed by atoms with E-state index in [1.807, 2.05) is 6.07 Å². The van der Waals surface area contributed by atoms with Crippen molar-refractivity contribution in [1.82, 2.24) is 0 Å². The minimum atomic E-state index is 0.0940. The molecule has 0 spiro atoms. The molecule has 0 amide bonds. The Morgan fingerprint density at radius 2 is 2.06 bits per heavy atom. The predicted octanol–water partition coefficient (Wildman–Crippen LogP) is 4.43. The van der Waals surface area contributed by atoms with Crippen LogP contribution in [0.2, 0.25) is 0 Å². The van der Waals surface area contributed by atoms with Crippen molar-refractivity contribution >= 4 is 23.4 Å². The van der Waals surface area contributed by atoms with E-state index < -0.39 is 0 Å². The van der Waals surface area contributed by atoms with Gasteiger partial charge in [-0.3, -0.25) is 4.99 Å². The number of hydrogen-bond acceptors (Lipinski definition) is 3. The molecular weight excluding hydrogens is 230 g/mol. The van der Waals surface area contributed by atoms with E-state index in [2.05, 4.69) is 37.0 Å². The molecule has 1 aliphatic rings. The quantitative estimate of drug-likeness (QED) is 0.618. The summed E-state index contributed by atoms with van der Waals surface area (Å²) in [6, 6.07) is 8.42. The average Bonchev–Trinajstić information content (AvgIpc) is 2.59. The van der Waals surface area contributed by atoms with E-state index in [1.165, 1.54) is 11.3 Å². The molecule has 0 aromatic heterocycles. The van der Waals surface area contributed by atoms with E-state index in [1.54, 1.807) is 0 Å². The lowest BCUT2D eigenvalue weighted by Crippen LogP contribution is -2.27. The van der Waals surface area contributed by atoms with Crippen LogP contribution in [0.1, 0.15) is 38.7 Å². The number of fused-ring (bicyclic) bond motifs is 1. The summed E-state index contributed by atoms with van der Waals surface area (Å²) in [5.74, 6) is 0.827. The zero-order valence-electron chi connectivity index (χ0n) is 10.4. The summed E-state index contributed by atoms with van der Waals surface area (Å²) in [4.78, 5) is 4.67. The third-order valence-corrected chi connectivity index (χ3v) is 4.22. The summed E-state index contributed by atoms with van der Waals surface area (Å²) in [7, 11) is 0. The fourth-order valence-corrected chi connectivity index (χ4v) is 2.83. The standard InChI is InChI=1S/C14H19NOS/c1-11-14(2,9-5-6-10-17-16)12-7-3-4-8-13(12)15-11/h3-4,7-8,16H,5-6,9-10H2,1-2H3. The molecule has 0 fully saturated rings. The van der Waals surface area contributed by atoms with E-state index in [9.17, 15) is 0 Å². The molecule has 2 rings (SSSR count). The lowest BCUT2D eigenvalue weighted by molar-refractivity contribution is 0.547. The second kappa shape index (κ2) is 5.23. The first kappa shape index (κ1) is 12.7. The lowest BCUT2D eigenvalue weighted by Gasteiger charge is -2.26. The molecule has 1 aromatic carbocycles. The normalized spacial score (nSPS) is 22.4. The summed E-state index contributed by atoms with van der Waals surface area (Å²) < 4.78 is 8.73. The van der Waals surface area contributed by atoms with Crippen LogP contribution in [0.5, 0.6) is 0 Å². The smallest absolute Gasteiger partial charge is 0.0670 e. The molecule has 92 valence electrons. The van der Waals surface area contributed by atoms with Crippen molar-refractivity contribution in [2.45, 2.75) is 38.5 Å². The average molecular weight is 249 g/mol. The van der Waals surface area contributed by atoms with Gasteiger partial charge in [0.15, 0.2) is 0 Å². The maximum Gasteiger partial charge on any atom is 0.0670 e. The van der Waals surface area contributed by atoms with Gasteiger partial charge in [0.2, 0.25) is 0 Å². The highest BCUT2D eigenvalue weighted by molar-refractivity contribution is 7.93. The maximum absolute atomic E-state index is 8.73. The number of nitrogens with zero attached hydrogens (tertiary/aromatic N) is 1. The Hall–Kier alpha value is -0.800. The van der Waals surface area contributed by atoms with Crippen LogP contribution in [-0.2, 0) is 5.41 Å². The number of aliphatic imine (C=N–C) groups is 1. The molecular formula is C14H19NOS. The monoisotopic (exact) mass is 249 g/mol. The molecule has 1 aromatic rings. The number of benzene rings is 1. The van der Waals surface area contributed by atoms with Gasteiger partial charge in [-0.2, -0.15) is 0 Å². The number of unbranched alkanes of at least 4 members (excludes halogenated alkanes) is 1. The molecule has 0 saturated carbocycles. The van der Waals surface area contributed by atoms with E-state index >= 15 is 0 Å². The Bertz CT molecular complexity index is 430. The summed E-state index contributed by atoms with van der Waals surface area (Å²) >= 11 is 0.939. The summed E-state index contributed by atoms with van der Waals surface area (Å²) in [5, 5.41) is 0. The predicted molar refractivity (Wildman–Crippen MR) is 75.5 cm³/mol. The molecule has 0 bridgehead atoms. The first-order chi connectivity index (χ1) is 8.18. The number of hydrogen-bond donors (Lipinski definition) is 1. The summed E-state index contributed by atoms with van der Waals surface area (Å²) in [6.45, 7) is 4.41. The Balaban J connectivity index is 2.12. The molecule has 0 saturated heterocycles. The van der Waals surface area contributed by atoms with Crippen LogP contribution in [0, 0.1) is 0 Å². The van der Waals surface area contributed by atoms with E-state index in [4.69, 9.17) is 4.55 Å². The van der Waals surface area contributed by atoms with E-state index in [0.29, 0.717) is 0 Å². The molecule has 1 unspecified atom stereocenters. The van der Waals surface area contributed by atoms with Crippen molar-refractivity contribution in [3.05, 3.63) is 29.8 Å². The van der Waals surface area contributed by atoms with Gasteiger partial charge in [0.05, 0.1) is 5.69 Å². The van der Waals surface area contributed by atoms with Crippen LogP contribution in [0.25, 0.3) is 0 Å². The molecule has 3 heteroatoms. The Morgan fingerprint density at radius 1 is 1.29 bits per heavy atom. The number of rotatable bonds is 5. The second-order valence-corrected chi connectivity index (χ2v) is 5.50. The minimum absolute atomic E-state index is 0.0940. The third-order valence-electron chi connectivity index (χ3n) is 3.75. The largest absolute Gasteiger partial charge is 0.330 e. The Kier molecular flexibility index (Phi) is 3.89. The first-order valence-electron chi connectivity index (χ1n) is 6.10. The van der Waals surface area contributed by atoms with Gasteiger partial charge in [-0.25, -0.2) is 0 Å². The van der Waals surface area contributed by atoms with Crippen molar-refractivity contribution in [2.75, 3.05) is 5.75 Å². The van der Waals surface area contributed by atoms with Crippen LogP contribution in [0.4, 0.5) is 5.69 Å². The molecule has 1 atom stereocenters. The highest BCUT2D eigenvalue weighted by atomic mass is 32.2. The second-order valence-electron chi connectivity index (χ2n) is 4.84. The lowest BCUT2D eigenvalue weighted by atomic mass is 9.76.